The molecule has 2 aliphatic heterocycles. The SMILES string of the molecule is CCC1(CNCC2CCOC2)CCCNC1. The molecule has 16 heavy (non-hydrogen) atoms. The molecule has 0 aromatic heterocycles. The summed E-state index contributed by atoms with van der Waals surface area (Å²) in [5.41, 5.74) is 0.512. The van der Waals surface area contributed by atoms with Gasteiger partial charge in [0, 0.05) is 26.2 Å². The summed E-state index contributed by atoms with van der Waals surface area (Å²) in [6.07, 6.45) is 5.24. The van der Waals surface area contributed by atoms with Crippen LogP contribution in [0.4, 0.5) is 0 Å². The molecule has 0 aromatic carbocycles. The molecule has 2 N–H and O–H groups in total. The Labute approximate surface area is 99.3 Å². The highest BCUT2D eigenvalue weighted by Crippen LogP contribution is 2.29. The number of ether oxygens (including phenoxy) is 1. The van der Waals surface area contributed by atoms with E-state index in [0.29, 0.717) is 5.41 Å². The van der Waals surface area contributed by atoms with Crippen LogP contribution in [0.3, 0.4) is 0 Å². The molecule has 0 amide bonds. The monoisotopic (exact) mass is 226 g/mol. The molecule has 3 heteroatoms. The molecular formula is C13H26N2O. The Balaban J connectivity index is 1.69. The third kappa shape index (κ3) is 3.19. The average Bonchev–Trinajstić information content (AvgIpc) is 2.83. The fourth-order valence-corrected chi connectivity index (χ4v) is 2.89. The lowest BCUT2D eigenvalue weighted by atomic mass is 9.78. The van der Waals surface area contributed by atoms with Crippen molar-refractivity contribution in [2.45, 2.75) is 32.6 Å². The Morgan fingerprint density at radius 1 is 1.50 bits per heavy atom. The maximum atomic E-state index is 5.40. The molecular weight excluding hydrogens is 200 g/mol. The minimum Gasteiger partial charge on any atom is -0.381 e. The Bertz CT molecular complexity index is 196. The highest BCUT2D eigenvalue weighted by Gasteiger charge is 2.29. The molecule has 0 saturated carbocycles. The first-order chi connectivity index (χ1) is 7.85. The molecule has 2 fully saturated rings. The fraction of sp³-hybridized carbons (Fsp3) is 1.00. The van der Waals surface area contributed by atoms with Gasteiger partial charge in [-0.1, -0.05) is 6.92 Å². The lowest BCUT2D eigenvalue weighted by molar-refractivity contribution is 0.175. The molecule has 3 nitrogen and oxygen atoms in total. The molecule has 2 heterocycles. The first kappa shape index (κ1) is 12.3. The molecule has 0 aromatic rings. The van der Waals surface area contributed by atoms with E-state index in [2.05, 4.69) is 17.6 Å². The van der Waals surface area contributed by atoms with E-state index in [9.17, 15) is 0 Å². The predicted octanol–water partition coefficient (Wildman–Crippen LogP) is 1.39. The normalized spacial score (nSPS) is 35.4. The molecule has 0 radical (unpaired) electrons. The van der Waals surface area contributed by atoms with Crippen molar-refractivity contribution in [2.75, 3.05) is 39.4 Å². The van der Waals surface area contributed by atoms with Gasteiger partial charge >= 0.3 is 0 Å². The Hall–Kier alpha value is -0.120. The van der Waals surface area contributed by atoms with Gasteiger partial charge in [-0.3, -0.25) is 0 Å². The molecule has 94 valence electrons. The van der Waals surface area contributed by atoms with Gasteiger partial charge in [-0.2, -0.15) is 0 Å². The Morgan fingerprint density at radius 2 is 2.44 bits per heavy atom. The van der Waals surface area contributed by atoms with Crippen molar-refractivity contribution in [1.82, 2.24) is 10.6 Å². The number of rotatable bonds is 5. The zero-order valence-corrected chi connectivity index (χ0v) is 10.6. The maximum Gasteiger partial charge on any atom is 0.0507 e. The standard InChI is InChI=1S/C13H26N2O/c1-2-13(5-3-6-14-10-13)11-15-8-12-4-7-16-9-12/h12,14-15H,2-11H2,1H3. The molecule has 0 spiro atoms. The van der Waals surface area contributed by atoms with Gasteiger partial charge in [-0.15, -0.1) is 0 Å². The second kappa shape index (κ2) is 5.99. The van der Waals surface area contributed by atoms with Crippen molar-refractivity contribution in [3.05, 3.63) is 0 Å². The van der Waals surface area contributed by atoms with Gasteiger partial charge in [0.25, 0.3) is 0 Å². The van der Waals surface area contributed by atoms with Crippen molar-refractivity contribution in [3.8, 4) is 0 Å². The smallest absolute Gasteiger partial charge is 0.0507 e. The van der Waals surface area contributed by atoms with Crippen LogP contribution in [0.1, 0.15) is 32.6 Å². The van der Waals surface area contributed by atoms with Crippen LogP contribution in [0.5, 0.6) is 0 Å². The van der Waals surface area contributed by atoms with Crippen LogP contribution < -0.4 is 10.6 Å². The zero-order chi connectivity index (χ0) is 11.3. The summed E-state index contributed by atoms with van der Waals surface area (Å²) in [5, 5.41) is 7.21. The fourth-order valence-electron chi connectivity index (χ4n) is 2.89. The lowest BCUT2D eigenvalue weighted by Gasteiger charge is -2.37. The van der Waals surface area contributed by atoms with E-state index in [1.807, 2.05) is 0 Å². The largest absolute Gasteiger partial charge is 0.381 e. The van der Waals surface area contributed by atoms with Crippen molar-refractivity contribution in [3.63, 3.8) is 0 Å². The Morgan fingerprint density at radius 3 is 3.06 bits per heavy atom. The minimum atomic E-state index is 0.512. The number of piperidine rings is 1. The van der Waals surface area contributed by atoms with Crippen molar-refractivity contribution in [2.24, 2.45) is 11.3 Å². The van der Waals surface area contributed by atoms with Crippen LogP contribution in [-0.2, 0) is 4.74 Å². The number of hydrogen-bond acceptors (Lipinski definition) is 3. The first-order valence-corrected chi connectivity index (χ1v) is 6.84. The van der Waals surface area contributed by atoms with Gasteiger partial charge in [0.1, 0.15) is 0 Å². The van der Waals surface area contributed by atoms with Gasteiger partial charge in [0.05, 0.1) is 6.61 Å². The summed E-state index contributed by atoms with van der Waals surface area (Å²) in [6.45, 7) is 8.97. The van der Waals surface area contributed by atoms with Crippen LogP contribution >= 0.6 is 0 Å². The topological polar surface area (TPSA) is 33.3 Å². The van der Waals surface area contributed by atoms with Crippen LogP contribution in [0, 0.1) is 11.3 Å². The second-order valence-corrected chi connectivity index (χ2v) is 5.49. The van der Waals surface area contributed by atoms with Crippen molar-refractivity contribution in [1.29, 1.82) is 0 Å². The molecule has 2 atom stereocenters. The lowest BCUT2D eigenvalue weighted by Crippen LogP contribution is -2.46. The first-order valence-electron chi connectivity index (χ1n) is 6.84. The van der Waals surface area contributed by atoms with Crippen molar-refractivity contribution >= 4 is 0 Å². The summed E-state index contributed by atoms with van der Waals surface area (Å²) in [4.78, 5) is 0. The summed E-state index contributed by atoms with van der Waals surface area (Å²) in [5.74, 6) is 0.755. The van der Waals surface area contributed by atoms with Crippen LogP contribution in [0.2, 0.25) is 0 Å². The van der Waals surface area contributed by atoms with Gasteiger partial charge in [-0.05, 0) is 43.6 Å². The summed E-state index contributed by atoms with van der Waals surface area (Å²) in [6, 6.07) is 0. The summed E-state index contributed by atoms with van der Waals surface area (Å²) >= 11 is 0. The van der Waals surface area contributed by atoms with Gasteiger partial charge in [0.2, 0.25) is 0 Å². The summed E-state index contributed by atoms with van der Waals surface area (Å²) in [7, 11) is 0. The Kier molecular flexibility index (Phi) is 4.62. The number of hydrogen-bond donors (Lipinski definition) is 2. The van der Waals surface area contributed by atoms with E-state index in [1.165, 1.54) is 45.3 Å². The maximum absolute atomic E-state index is 5.40. The summed E-state index contributed by atoms with van der Waals surface area (Å²) < 4.78 is 5.40. The molecule has 2 rings (SSSR count). The molecule has 0 aliphatic carbocycles. The van der Waals surface area contributed by atoms with E-state index in [-0.39, 0.29) is 0 Å². The number of nitrogens with one attached hydrogen (secondary N) is 2. The quantitative estimate of drug-likeness (QED) is 0.743. The molecule has 2 aliphatic rings. The van der Waals surface area contributed by atoms with Gasteiger partial charge in [0.15, 0.2) is 0 Å². The van der Waals surface area contributed by atoms with E-state index in [1.54, 1.807) is 0 Å². The highest BCUT2D eigenvalue weighted by molar-refractivity contribution is 4.86. The van der Waals surface area contributed by atoms with Crippen LogP contribution in [0.25, 0.3) is 0 Å². The van der Waals surface area contributed by atoms with Gasteiger partial charge in [-0.25, -0.2) is 0 Å². The molecule has 2 saturated heterocycles. The van der Waals surface area contributed by atoms with Crippen molar-refractivity contribution < 1.29 is 4.74 Å². The van der Waals surface area contributed by atoms with E-state index >= 15 is 0 Å². The van der Waals surface area contributed by atoms with E-state index in [0.717, 1.165) is 25.7 Å². The molecule has 2 unspecified atom stereocenters. The van der Waals surface area contributed by atoms with E-state index in [4.69, 9.17) is 4.74 Å². The molecule has 0 bridgehead atoms. The predicted molar refractivity (Wildman–Crippen MR) is 66.6 cm³/mol. The zero-order valence-electron chi connectivity index (χ0n) is 10.6. The highest BCUT2D eigenvalue weighted by atomic mass is 16.5. The third-order valence-electron chi connectivity index (χ3n) is 4.27. The van der Waals surface area contributed by atoms with E-state index < -0.39 is 0 Å². The minimum absolute atomic E-state index is 0.512. The van der Waals surface area contributed by atoms with Gasteiger partial charge < -0.3 is 15.4 Å². The second-order valence-electron chi connectivity index (χ2n) is 5.49. The van der Waals surface area contributed by atoms with Crippen LogP contribution in [0.15, 0.2) is 0 Å². The third-order valence-corrected chi connectivity index (χ3v) is 4.27. The average molecular weight is 226 g/mol. The van der Waals surface area contributed by atoms with Crippen LogP contribution in [-0.4, -0.2) is 39.4 Å².